The number of nitrogens with one attached hydrogen (secondary N) is 1. The normalized spacial score (nSPS) is 10.0. The van der Waals surface area contributed by atoms with Crippen LogP contribution in [-0.2, 0) is 9.53 Å². The molecule has 0 saturated carbocycles. The van der Waals surface area contributed by atoms with Crippen molar-refractivity contribution in [1.82, 2.24) is 0 Å². The minimum Gasteiger partial charge on any atom is -0.497 e. The SMILES string of the molecule is COc1ccc(C(=O)OCC(=O)Nc2cccc(Cl)c2Cl)cc1. The molecule has 5 nitrogen and oxygen atoms in total. The van der Waals surface area contributed by atoms with E-state index in [0.717, 1.165) is 0 Å². The summed E-state index contributed by atoms with van der Waals surface area (Å²) >= 11 is 11.8. The van der Waals surface area contributed by atoms with Crippen LogP contribution in [-0.4, -0.2) is 25.6 Å². The molecule has 0 saturated heterocycles. The average molecular weight is 354 g/mol. The van der Waals surface area contributed by atoms with Crippen LogP contribution in [0, 0.1) is 0 Å². The first-order valence-electron chi connectivity index (χ1n) is 6.56. The molecule has 0 aliphatic rings. The fourth-order valence-electron chi connectivity index (χ4n) is 1.73. The van der Waals surface area contributed by atoms with Crippen LogP contribution in [0.1, 0.15) is 10.4 Å². The van der Waals surface area contributed by atoms with E-state index >= 15 is 0 Å². The van der Waals surface area contributed by atoms with Crippen molar-refractivity contribution in [1.29, 1.82) is 0 Å². The van der Waals surface area contributed by atoms with Gasteiger partial charge in [-0.3, -0.25) is 4.79 Å². The van der Waals surface area contributed by atoms with Crippen molar-refractivity contribution in [3.05, 3.63) is 58.1 Å². The van der Waals surface area contributed by atoms with Gasteiger partial charge in [0.2, 0.25) is 0 Å². The summed E-state index contributed by atoms with van der Waals surface area (Å²) in [6.45, 7) is -0.437. The zero-order chi connectivity index (χ0) is 16.8. The Balaban J connectivity index is 1.90. The molecule has 0 heterocycles. The van der Waals surface area contributed by atoms with Gasteiger partial charge in [-0.25, -0.2) is 4.79 Å². The molecule has 1 amide bonds. The van der Waals surface area contributed by atoms with Gasteiger partial charge in [-0.05, 0) is 36.4 Å². The van der Waals surface area contributed by atoms with Crippen molar-refractivity contribution >= 4 is 40.8 Å². The Bertz CT molecular complexity index is 717. The third-order valence-electron chi connectivity index (χ3n) is 2.89. The smallest absolute Gasteiger partial charge is 0.338 e. The van der Waals surface area contributed by atoms with Crippen LogP contribution in [0.5, 0.6) is 5.75 Å². The highest BCUT2D eigenvalue weighted by Gasteiger charge is 2.12. The number of ether oxygens (including phenoxy) is 2. The number of hydrogen-bond donors (Lipinski definition) is 1. The minimum atomic E-state index is -0.611. The lowest BCUT2D eigenvalue weighted by atomic mass is 10.2. The lowest BCUT2D eigenvalue weighted by molar-refractivity contribution is -0.119. The molecule has 0 radical (unpaired) electrons. The van der Waals surface area contributed by atoms with Gasteiger partial charge in [0.15, 0.2) is 6.61 Å². The molecule has 0 spiro atoms. The topological polar surface area (TPSA) is 64.6 Å². The van der Waals surface area contributed by atoms with Crippen molar-refractivity contribution in [2.45, 2.75) is 0 Å². The molecule has 0 aliphatic heterocycles. The Morgan fingerprint density at radius 3 is 2.43 bits per heavy atom. The van der Waals surface area contributed by atoms with E-state index in [1.807, 2.05) is 0 Å². The van der Waals surface area contributed by atoms with Crippen molar-refractivity contribution in [3.63, 3.8) is 0 Å². The van der Waals surface area contributed by atoms with E-state index in [1.54, 1.807) is 42.5 Å². The predicted molar refractivity (Wildman–Crippen MR) is 88.4 cm³/mol. The molecule has 23 heavy (non-hydrogen) atoms. The molecule has 2 aromatic rings. The molecule has 2 rings (SSSR count). The zero-order valence-electron chi connectivity index (χ0n) is 12.1. The first kappa shape index (κ1) is 17.1. The van der Waals surface area contributed by atoms with Gasteiger partial charge in [-0.1, -0.05) is 29.3 Å². The van der Waals surface area contributed by atoms with Crippen LogP contribution in [0.4, 0.5) is 5.69 Å². The number of methoxy groups -OCH3 is 1. The number of amides is 1. The maximum Gasteiger partial charge on any atom is 0.338 e. The van der Waals surface area contributed by atoms with Crippen molar-refractivity contribution in [3.8, 4) is 5.75 Å². The van der Waals surface area contributed by atoms with Crippen LogP contribution in [0.3, 0.4) is 0 Å². The maximum atomic E-state index is 11.8. The van der Waals surface area contributed by atoms with Gasteiger partial charge in [0.25, 0.3) is 5.91 Å². The number of benzene rings is 2. The molecular weight excluding hydrogens is 341 g/mol. The largest absolute Gasteiger partial charge is 0.497 e. The Labute approximate surface area is 143 Å². The molecule has 0 aromatic heterocycles. The highest BCUT2D eigenvalue weighted by atomic mass is 35.5. The van der Waals surface area contributed by atoms with Crippen molar-refractivity contribution in [2.24, 2.45) is 0 Å². The molecule has 0 aliphatic carbocycles. The van der Waals surface area contributed by atoms with Crippen LogP contribution in [0.15, 0.2) is 42.5 Å². The number of carbonyl (C=O) groups excluding carboxylic acids is 2. The Morgan fingerprint density at radius 1 is 1.09 bits per heavy atom. The quantitative estimate of drug-likeness (QED) is 0.830. The van der Waals surface area contributed by atoms with Gasteiger partial charge < -0.3 is 14.8 Å². The second kappa shape index (κ2) is 7.85. The fourth-order valence-corrected chi connectivity index (χ4v) is 2.08. The molecule has 7 heteroatoms. The first-order chi connectivity index (χ1) is 11.0. The summed E-state index contributed by atoms with van der Waals surface area (Å²) in [6, 6.07) is 11.2. The molecule has 2 aromatic carbocycles. The number of halogens is 2. The Morgan fingerprint density at radius 2 is 1.78 bits per heavy atom. The number of hydrogen-bond acceptors (Lipinski definition) is 4. The molecule has 0 fully saturated rings. The van der Waals surface area contributed by atoms with E-state index < -0.39 is 18.5 Å². The molecule has 1 N–H and O–H groups in total. The number of carbonyl (C=O) groups is 2. The van der Waals surface area contributed by atoms with Crippen molar-refractivity contribution in [2.75, 3.05) is 19.0 Å². The maximum absolute atomic E-state index is 11.8. The highest BCUT2D eigenvalue weighted by molar-refractivity contribution is 6.44. The van der Waals surface area contributed by atoms with Gasteiger partial charge in [0.05, 0.1) is 28.4 Å². The van der Waals surface area contributed by atoms with E-state index in [-0.39, 0.29) is 5.02 Å². The van der Waals surface area contributed by atoms with E-state index in [0.29, 0.717) is 22.0 Å². The van der Waals surface area contributed by atoms with E-state index in [9.17, 15) is 9.59 Å². The second-order valence-corrected chi connectivity index (χ2v) is 5.24. The zero-order valence-corrected chi connectivity index (χ0v) is 13.6. The van der Waals surface area contributed by atoms with Gasteiger partial charge in [-0.2, -0.15) is 0 Å². The predicted octanol–water partition coefficient (Wildman–Crippen LogP) is 3.80. The summed E-state index contributed by atoms with van der Waals surface area (Å²) in [5.41, 5.74) is 0.670. The monoisotopic (exact) mass is 353 g/mol. The third kappa shape index (κ3) is 4.61. The lowest BCUT2D eigenvalue weighted by Crippen LogP contribution is -2.21. The number of esters is 1. The Kier molecular flexibility index (Phi) is 5.84. The lowest BCUT2D eigenvalue weighted by Gasteiger charge is -2.09. The van der Waals surface area contributed by atoms with E-state index in [2.05, 4.69) is 5.32 Å². The summed E-state index contributed by atoms with van der Waals surface area (Å²) in [4.78, 5) is 23.6. The van der Waals surface area contributed by atoms with Crippen LogP contribution >= 0.6 is 23.2 Å². The van der Waals surface area contributed by atoms with E-state index in [1.165, 1.54) is 7.11 Å². The summed E-state index contributed by atoms with van der Waals surface area (Å²) in [7, 11) is 1.53. The van der Waals surface area contributed by atoms with Gasteiger partial charge in [0, 0.05) is 0 Å². The summed E-state index contributed by atoms with van der Waals surface area (Å²) < 4.78 is 9.93. The van der Waals surface area contributed by atoms with Crippen LogP contribution < -0.4 is 10.1 Å². The van der Waals surface area contributed by atoms with Gasteiger partial charge in [0.1, 0.15) is 5.75 Å². The summed E-state index contributed by atoms with van der Waals surface area (Å²) in [6.07, 6.45) is 0. The van der Waals surface area contributed by atoms with Gasteiger partial charge in [-0.15, -0.1) is 0 Å². The highest BCUT2D eigenvalue weighted by Crippen LogP contribution is 2.29. The number of anilines is 1. The molecule has 0 unspecified atom stereocenters. The average Bonchev–Trinajstić information content (AvgIpc) is 2.57. The summed E-state index contributed by atoms with van der Waals surface area (Å²) in [5.74, 6) is -0.508. The van der Waals surface area contributed by atoms with Crippen LogP contribution in [0.2, 0.25) is 10.0 Å². The molecular formula is C16H13Cl2NO4. The minimum absolute atomic E-state index is 0.226. The summed E-state index contributed by atoms with van der Waals surface area (Å²) in [5, 5.41) is 3.07. The van der Waals surface area contributed by atoms with Gasteiger partial charge >= 0.3 is 5.97 Å². The van der Waals surface area contributed by atoms with Crippen molar-refractivity contribution < 1.29 is 19.1 Å². The first-order valence-corrected chi connectivity index (χ1v) is 7.32. The molecule has 0 atom stereocenters. The number of rotatable bonds is 5. The fraction of sp³-hybridized carbons (Fsp3) is 0.125. The van der Waals surface area contributed by atoms with Crippen LogP contribution in [0.25, 0.3) is 0 Å². The molecule has 120 valence electrons. The van der Waals surface area contributed by atoms with E-state index in [4.69, 9.17) is 32.7 Å². The second-order valence-electron chi connectivity index (χ2n) is 4.45. The Hall–Kier alpha value is -2.24. The third-order valence-corrected chi connectivity index (χ3v) is 3.70. The molecule has 0 bridgehead atoms. The standard InChI is InChI=1S/C16H13Cl2NO4/c1-22-11-7-5-10(6-8-11)16(21)23-9-14(20)19-13-4-2-3-12(17)15(13)18/h2-8H,9H2,1H3,(H,19,20).